The van der Waals surface area contributed by atoms with Crippen LogP contribution in [0.15, 0.2) is 18.2 Å². The Morgan fingerprint density at radius 2 is 2.27 bits per heavy atom. The van der Waals surface area contributed by atoms with Crippen LogP contribution in [0.25, 0.3) is 0 Å². The van der Waals surface area contributed by atoms with Crippen molar-refractivity contribution in [1.82, 2.24) is 4.90 Å². The highest BCUT2D eigenvalue weighted by Gasteiger charge is 2.25. The third kappa shape index (κ3) is 3.83. The van der Waals surface area contributed by atoms with Crippen molar-refractivity contribution in [3.8, 4) is 0 Å². The number of benzene rings is 1. The Kier molecular flexibility index (Phi) is 5.15. The monoisotopic (exact) mass is 342 g/mol. The molecule has 1 aliphatic rings. The van der Waals surface area contributed by atoms with Crippen LogP contribution in [0.3, 0.4) is 0 Å². The molecule has 3 N–H and O–H groups in total. The van der Waals surface area contributed by atoms with E-state index in [9.17, 15) is 14.9 Å². The van der Waals surface area contributed by atoms with E-state index in [1.165, 1.54) is 18.2 Å². The molecule has 22 heavy (non-hydrogen) atoms. The van der Waals surface area contributed by atoms with Gasteiger partial charge in [-0.15, -0.1) is 0 Å². The van der Waals surface area contributed by atoms with Crippen molar-refractivity contribution in [3.63, 3.8) is 0 Å². The van der Waals surface area contributed by atoms with Gasteiger partial charge in [-0.3, -0.25) is 14.9 Å². The molecule has 9 heteroatoms. The topological polar surface area (TPSA) is 102 Å². The molecule has 2 rings (SSSR count). The summed E-state index contributed by atoms with van der Waals surface area (Å²) < 4.78 is 0. The smallest absolute Gasteiger partial charge is 0.271 e. The summed E-state index contributed by atoms with van der Waals surface area (Å²) in [5.74, 6) is -0.588. The Morgan fingerprint density at radius 3 is 2.91 bits per heavy atom. The summed E-state index contributed by atoms with van der Waals surface area (Å²) in [6, 6.07) is 4.08. The second-order valence-electron chi connectivity index (χ2n) is 5.04. The standard InChI is InChI=1S/C13H15ClN4O3S/c14-10-4-3-9(18(20)21)6-11(10)16-13(22)17-5-1-2-8(7-17)12(15)19/h3-4,6,8H,1-2,5,7H2,(H2,15,19)(H,16,22)/t8-/m1/s1. The molecular formula is C13H15ClN4O3S. The minimum atomic E-state index is -0.505. The van der Waals surface area contributed by atoms with Gasteiger partial charge in [-0.2, -0.15) is 0 Å². The molecule has 1 saturated heterocycles. The van der Waals surface area contributed by atoms with Gasteiger partial charge in [-0.1, -0.05) is 11.6 Å². The first kappa shape index (κ1) is 16.4. The first-order valence-electron chi connectivity index (χ1n) is 6.67. The van der Waals surface area contributed by atoms with E-state index in [1.54, 1.807) is 0 Å². The quantitative estimate of drug-likeness (QED) is 0.495. The van der Waals surface area contributed by atoms with Gasteiger partial charge in [0.2, 0.25) is 5.91 Å². The summed E-state index contributed by atoms with van der Waals surface area (Å²) in [4.78, 5) is 23.4. The maximum absolute atomic E-state index is 11.3. The van der Waals surface area contributed by atoms with Gasteiger partial charge >= 0.3 is 0 Å². The van der Waals surface area contributed by atoms with Crippen molar-refractivity contribution >= 4 is 46.2 Å². The number of primary amides is 1. The third-order valence-corrected chi connectivity index (χ3v) is 4.20. The van der Waals surface area contributed by atoms with Crippen molar-refractivity contribution in [2.45, 2.75) is 12.8 Å². The minimum Gasteiger partial charge on any atom is -0.369 e. The molecule has 0 bridgehead atoms. The zero-order valence-corrected chi connectivity index (χ0v) is 13.2. The number of carbonyl (C=O) groups is 1. The second kappa shape index (κ2) is 6.89. The fourth-order valence-electron chi connectivity index (χ4n) is 2.31. The van der Waals surface area contributed by atoms with Gasteiger partial charge in [-0.25, -0.2) is 0 Å². The van der Waals surface area contributed by atoms with E-state index in [2.05, 4.69) is 5.32 Å². The highest BCUT2D eigenvalue weighted by Crippen LogP contribution is 2.27. The fourth-order valence-corrected chi connectivity index (χ4v) is 2.75. The predicted octanol–water partition coefficient (Wildman–Crippen LogP) is 2.14. The van der Waals surface area contributed by atoms with Crippen LogP contribution < -0.4 is 11.1 Å². The average molecular weight is 343 g/mol. The SMILES string of the molecule is NC(=O)[C@@H]1CCCN(C(=S)Nc2cc([N+](=O)[O-])ccc2Cl)C1. The molecule has 0 spiro atoms. The summed E-state index contributed by atoms with van der Waals surface area (Å²) in [5.41, 5.74) is 5.62. The van der Waals surface area contributed by atoms with E-state index >= 15 is 0 Å². The summed E-state index contributed by atoms with van der Waals surface area (Å²) >= 11 is 11.3. The van der Waals surface area contributed by atoms with Gasteiger partial charge in [0.05, 0.1) is 21.6 Å². The lowest BCUT2D eigenvalue weighted by molar-refractivity contribution is -0.384. The lowest BCUT2D eigenvalue weighted by atomic mass is 9.98. The van der Waals surface area contributed by atoms with Crippen LogP contribution >= 0.6 is 23.8 Å². The van der Waals surface area contributed by atoms with Crippen LogP contribution in [0.2, 0.25) is 5.02 Å². The molecule has 0 radical (unpaired) electrons. The Labute approximate surface area is 137 Å². The van der Waals surface area contributed by atoms with Crippen molar-refractivity contribution in [3.05, 3.63) is 33.3 Å². The number of rotatable bonds is 3. The zero-order valence-electron chi connectivity index (χ0n) is 11.6. The third-order valence-electron chi connectivity index (χ3n) is 3.51. The first-order chi connectivity index (χ1) is 10.4. The highest BCUT2D eigenvalue weighted by atomic mass is 35.5. The summed E-state index contributed by atoms with van der Waals surface area (Å²) in [6.45, 7) is 1.13. The number of nitro benzene ring substituents is 1. The van der Waals surface area contributed by atoms with Crippen LogP contribution in [0.5, 0.6) is 0 Å². The van der Waals surface area contributed by atoms with Gasteiger partial charge in [0.15, 0.2) is 5.11 Å². The number of nitro groups is 1. The Balaban J connectivity index is 2.10. The van der Waals surface area contributed by atoms with Crippen molar-refractivity contribution < 1.29 is 9.72 Å². The lowest BCUT2D eigenvalue weighted by Crippen LogP contribution is -2.45. The molecule has 7 nitrogen and oxygen atoms in total. The van der Waals surface area contributed by atoms with Gasteiger partial charge in [0, 0.05) is 25.2 Å². The van der Waals surface area contributed by atoms with E-state index in [-0.39, 0.29) is 17.5 Å². The molecule has 118 valence electrons. The van der Waals surface area contributed by atoms with E-state index in [0.29, 0.717) is 28.9 Å². The van der Waals surface area contributed by atoms with Crippen LogP contribution in [0, 0.1) is 16.0 Å². The Hall–Kier alpha value is -1.93. The van der Waals surface area contributed by atoms with E-state index in [0.717, 1.165) is 12.8 Å². The fraction of sp³-hybridized carbons (Fsp3) is 0.385. The van der Waals surface area contributed by atoms with Crippen molar-refractivity contribution in [2.24, 2.45) is 11.7 Å². The molecule has 1 fully saturated rings. The molecule has 1 aliphatic heterocycles. The zero-order chi connectivity index (χ0) is 16.3. The molecule has 0 aliphatic carbocycles. The number of hydrogen-bond donors (Lipinski definition) is 2. The number of carbonyl (C=O) groups excluding carboxylic acids is 1. The second-order valence-corrected chi connectivity index (χ2v) is 5.83. The number of nitrogens with one attached hydrogen (secondary N) is 1. The maximum Gasteiger partial charge on any atom is 0.271 e. The molecule has 1 aromatic rings. The Bertz CT molecular complexity index is 625. The van der Waals surface area contributed by atoms with Crippen molar-refractivity contribution in [1.29, 1.82) is 0 Å². The number of amides is 1. The average Bonchev–Trinajstić information content (AvgIpc) is 2.49. The van der Waals surface area contributed by atoms with Crippen LogP contribution in [0.1, 0.15) is 12.8 Å². The molecule has 1 heterocycles. The van der Waals surface area contributed by atoms with Crippen LogP contribution in [0.4, 0.5) is 11.4 Å². The summed E-state index contributed by atoms with van der Waals surface area (Å²) in [6.07, 6.45) is 1.55. The maximum atomic E-state index is 11.3. The van der Waals surface area contributed by atoms with Crippen LogP contribution in [-0.4, -0.2) is 33.9 Å². The van der Waals surface area contributed by atoms with Gasteiger partial charge in [0.1, 0.15) is 0 Å². The lowest BCUT2D eigenvalue weighted by Gasteiger charge is -2.33. The number of hydrogen-bond acceptors (Lipinski definition) is 4. The molecule has 1 aromatic carbocycles. The highest BCUT2D eigenvalue weighted by molar-refractivity contribution is 7.80. The first-order valence-corrected chi connectivity index (χ1v) is 7.46. The molecule has 0 saturated carbocycles. The molecule has 0 unspecified atom stereocenters. The van der Waals surface area contributed by atoms with Crippen LogP contribution in [-0.2, 0) is 4.79 Å². The number of non-ortho nitro benzene ring substituents is 1. The minimum absolute atomic E-state index is 0.0802. The van der Waals surface area contributed by atoms with Gasteiger partial charge in [0.25, 0.3) is 5.69 Å². The van der Waals surface area contributed by atoms with Gasteiger partial charge in [-0.05, 0) is 31.1 Å². The summed E-state index contributed by atoms with van der Waals surface area (Å²) in [7, 11) is 0. The van der Waals surface area contributed by atoms with Gasteiger partial charge < -0.3 is 16.0 Å². The van der Waals surface area contributed by atoms with E-state index < -0.39 is 4.92 Å². The number of anilines is 1. The van der Waals surface area contributed by atoms with E-state index in [1.807, 2.05) is 4.90 Å². The Morgan fingerprint density at radius 1 is 1.55 bits per heavy atom. The molecule has 1 atom stereocenters. The predicted molar refractivity (Wildman–Crippen MR) is 87.8 cm³/mol. The number of thiocarbonyl (C=S) groups is 1. The number of nitrogens with zero attached hydrogens (tertiary/aromatic N) is 2. The summed E-state index contributed by atoms with van der Waals surface area (Å²) in [5, 5.41) is 14.4. The molecular weight excluding hydrogens is 328 g/mol. The van der Waals surface area contributed by atoms with E-state index in [4.69, 9.17) is 29.6 Å². The van der Waals surface area contributed by atoms with Crippen molar-refractivity contribution in [2.75, 3.05) is 18.4 Å². The number of piperidine rings is 1. The number of halogens is 1. The molecule has 0 aromatic heterocycles. The molecule has 1 amide bonds. The number of nitrogens with two attached hydrogens (primary N) is 1. The number of likely N-dealkylation sites (tertiary alicyclic amines) is 1. The normalized spacial score (nSPS) is 17.9. The largest absolute Gasteiger partial charge is 0.369 e.